The molecule has 9 heteroatoms. The minimum Gasteiger partial charge on any atom is -0.351 e. The van der Waals surface area contributed by atoms with Gasteiger partial charge in [0.25, 0.3) is 0 Å². The van der Waals surface area contributed by atoms with E-state index >= 15 is 0 Å². The average molecular weight is 645 g/mol. The van der Waals surface area contributed by atoms with Gasteiger partial charge in [-0.2, -0.15) is 5.26 Å². The Hall–Kier alpha value is -4.12. The lowest BCUT2D eigenvalue weighted by Crippen LogP contribution is -2.49. The van der Waals surface area contributed by atoms with Crippen LogP contribution in [0.1, 0.15) is 33.5 Å². The summed E-state index contributed by atoms with van der Waals surface area (Å²) in [5.74, 6) is -0.00841. The van der Waals surface area contributed by atoms with Crippen LogP contribution in [-0.2, 0) is 37.4 Å². The van der Waals surface area contributed by atoms with E-state index in [-0.39, 0.29) is 36.8 Å². The monoisotopic (exact) mass is 643 g/mol. The molecule has 1 N–H and O–H groups in total. The van der Waals surface area contributed by atoms with Crippen molar-refractivity contribution in [3.63, 3.8) is 0 Å². The van der Waals surface area contributed by atoms with Gasteiger partial charge in [0.1, 0.15) is 0 Å². The minimum absolute atomic E-state index is 0. The largest absolute Gasteiger partial charge is 0.351 e. The van der Waals surface area contributed by atoms with Crippen molar-refractivity contribution >= 4 is 42.3 Å². The van der Waals surface area contributed by atoms with Gasteiger partial charge in [-0.15, -0.1) is 24.8 Å². The Labute approximate surface area is 275 Å². The summed E-state index contributed by atoms with van der Waals surface area (Å²) >= 11 is 6.17. The number of hydrogen-bond acceptors (Lipinski definition) is 4. The standard InChI is InChI=1S/C35H30ClN5O.2ClH/c36-32-8-4-5-27(15-32)19-39-35(42)34-17-30-14-13-29(28-6-2-1-3-7-28)16-31(30)22-40(34)23-33-20-38-24-41(33)21-26-11-9-25(18-37)10-12-26;;/h1-16,20,24,34H,17,19,21-23H2,(H,39,42);2*1H/t34-;;/m0../s1. The zero-order valence-electron chi connectivity index (χ0n) is 23.9. The molecule has 1 atom stereocenters. The van der Waals surface area contributed by atoms with Crippen LogP contribution in [0.25, 0.3) is 11.1 Å². The summed E-state index contributed by atoms with van der Waals surface area (Å²) in [6.07, 6.45) is 4.32. The van der Waals surface area contributed by atoms with Gasteiger partial charge in [0.15, 0.2) is 0 Å². The summed E-state index contributed by atoms with van der Waals surface area (Å²) in [5.41, 5.74) is 8.48. The highest BCUT2D eigenvalue weighted by Crippen LogP contribution is 2.30. The fourth-order valence-electron chi connectivity index (χ4n) is 5.54. The molecule has 0 spiro atoms. The number of halogens is 3. The van der Waals surface area contributed by atoms with E-state index < -0.39 is 0 Å². The molecular weight excluding hydrogens is 613 g/mol. The zero-order valence-corrected chi connectivity index (χ0v) is 26.3. The second-order valence-corrected chi connectivity index (χ2v) is 11.1. The molecule has 1 aromatic heterocycles. The predicted molar refractivity (Wildman–Crippen MR) is 179 cm³/mol. The van der Waals surface area contributed by atoms with Crippen LogP contribution < -0.4 is 5.32 Å². The van der Waals surface area contributed by atoms with Gasteiger partial charge in [-0.25, -0.2) is 4.98 Å². The van der Waals surface area contributed by atoms with Gasteiger partial charge >= 0.3 is 0 Å². The minimum atomic E-state index is -0.336. The molecule has 1 amide bonds. The van der Waals surface area contributed by atoms with Crippen LogP contribution in [0.4, 0.5) is 0 Å². The number of benzene rings is 4. The fourth-order valence-corrected chi connectivity index (χ4v) is 5.75. The molecule has 2 heterocycles. The topological polar surface area (TPSA) is 74.0 Å². The van der Waals surface area contributed by atoms with Gasteiger partial charge in [0, 0.05) is 37.4 Å². The first-order valence-corrected chi connectivity index (χ1v) is 14.3. The lowest BCUT2D eigenvalue weighted by molar-refractivity contribution is -0.127. The normalized spacial score (nSPS) is 14.0. The molecule has 44 heavy (non-hydrogen) atoms. The van der Waals surface area contributed by atoms with E-state index in [1.54, 1.807) is 0 Å². The molecule has 4 aromatic carbocycles. The van der Waals surface area contributed by atoms with Crippen molar-refractivity contribution in [2.24, 2.45) is 0 Å². The highest BCUT2D eigenvalue weighted by molar-refractivity contribution is 6.30. The van der Waals surface area contributed by atoms with Crippen molar-refractivity contribution in [3.05, 3.63) is 148 Å². The van der Waals surface area contributed by atoms with Crippen LogP contribution in [0.5, 0.6) is 0 Å². The summed E-state index contributed by atoms with van der Waals surface area (Å²) < 4.78 is 2.11. The van der Waals surface area contributed by atoms with Gasteiger partial charge in [0.2, 0.25) is 5.91 Å². The van der Waals surface area contributed by atoms with Crippen molar-refractivity contribution < 1.29 is 4.79 Å². The van der Waals surface area contributed by atoms with E-state index in [9.17, 15) is 4.79 Å². The Kier molecular flexibility index (Phi) is 11.2. The van der Waals surface area contributed by atoms with E-state index in [1.165, 1.54) is 22.3 Å². The molecule has 224 valence electrons. The van der Waals surface area contributed by atoms with Crippen molar-refractivity contribution in [3.8, 4) is 17.2 Å². The Balaban J connectivity index is 0.00000221. The van der Waals surface area contributed by atoms with Crippen LogP contribution in [0, 0.1) is 11.3 Å². The quantitative estimate of drug-likeness (QED) is 0.194. The maximum absolute atomic E-state index is 13.7. The molecule has 0 saturated carbocycles. The molecule has 0 fully saturated rings. The van der Waals surface area contributed by atoms with Gasteiger partial charge in [-0.1, -0.05) is 78.3 Å². The highest BCUT2D eigenvalue weighted by Gasteiger charge is 2.32. The van der Waals surface area contributed by atoms with Crippen LogP contribution in [-0.4, -0.2) is 26.4 Å². The molecular formula is C35H32Cl3N5O. The Morgan fingerprint density at radius 2 is 1.68 bits per heavy atom. The summed E-state index contributed by atoms with van der Waals surface area (Å²) in [4.78, 5) is 20.4. The molecule has 1 aliphatic rings. The third-order valence-electron chi connectivity index (χ3n) is 7.80. The van der Waals surface area contributed by atoms with Gasteiger partial charge in [-0.3, -0.25) is 9.69 Å². The smallest absolute Gasteiger partial charge is 0.237 e. The lowest BCUT2D eigenvalue weighted by Gasteiger charge is -2.36. The molecule has 0 saturated heterocycles. The summed E-state index contributed by atoms with van der Waals surface area (Å²) in [7, 11) is 0. The SMILES string of the molecule is Cl.Cl.N#Cc1ccc(Cn2cncc2CN2Cc3cc(-c4ccccc4)ccc3C[C@H]2C(=O)NCc2cccc(Cl)c2)cc1. The Morgan fingerprint density at radius 3 is 2.43 bits per heavy atom. The first-order valence-electron chi connectivity index (χ1n) is 14.0. The van der Waals surface area contributed by atoms with Crippen molar-refractivity contribution in [2.45, 2.75) is 38.6 Å². The maximum atomic E-state index is 13.7. The summed E-state index contributed by atoms with van der Waals surface area (Å²) in [6.45, 7) is 2.27. The molecule has 6 rings (SSSR count). The number of fused-ring (bicyclic) bond motifs is 1. The van der Waals surface area contributed by atoms with Gasteiger partial charge < -0.3 is 9.88 Å². The van der Waals surface area contributed by atoms with Crippen LogP contribution in [0.3, 0.4) is 0 Å². The molecule has 5 aromatic rings. The lowest BCUT2D eigenvalue weighted by atomic mass is 9.90. The number of nitrogens with zero attached hydrogens (tertiary/aromatic N) is 4. The zero-order chi connectivity index (χ0) is 28.9. The Morgan fingerprint density at radius 1 is 0.886 bits per heavy atom. The molecule has 6 nitrogen and oxygen atoms in total. The van der Waals surface area contributed by atoms with Crippen molar-refractivity contribution in [2.75, 3.05) is 0 Å². The fraction of sp³-hybridized carbons (Fsp3) is 0.171. The third kappa shape index (κ3) is 7.68. The molecule has 0 radical (unpaired) electrons. The van der Waals surface area contributed by atoms with Gasteiger partial charge in [-0.05, 0) is 70.1 Å². The summed E-state index contributed by atoms with van der Waals surface area (Å²) in [5, 5.41) is 12.9. The number of carbonyl (C=O) groups excluding carboxylic acids is 1. The second kappa shape index (κ2) is 15.1. The van der Waals surface area contributed by atoms with Gasteiger partial charge in [0.05, 0.1) is 29.7 Å². The number of aromatic nitrogens is 2. The Bertz CT molecular complexity index is 1750. The van der Waals surface area contributed by atoms with E-state index in [1.807, 2.05) is 67.1 Å². The number of carbonyl (C=O) groups is 1. The molecule has 0 aliphatic carbocycles. The van der Waals surface area contributed by atoms with Crippen LogP contribution >= 0.6 is 36.4 Å². The molecule has 1 aliphatic heterocycles. The second-order valence-electron chi connectivity index (χ2n) is 10.6. The maximum Gasteiger partial charge on any atom is 0.237 e. The first-order chi connectivity index (χ1) is 20.6. The van der Waals surface area contributed by atoms with E-state index in [2.05, 4.69) is 68.3 Å². The summed E-state index contributed by atoms with van der Waals surface area (Å²) in [6, 6.07) is 33.9. The number of nitriles is 1. The average Bonchev–Trinajstić information content (AvgIpc) is 3.46. The van der Waals surface area contributed by atoms with E-state index in [4.69, 9.17) is 16.9 Å². The van der Waals surface area contributed by atoms with Crippen LogP contribution in [0.2, 0.25) is 5.02 Å². The number of hydrogen-bond donors (Lipinski definition) is 1. The number of imidazole rings is 1. The van der Waals surface area contributed by atoms with Crippen molar-refractivity contribution in [1.82, 2.24) is 19.8 Å². The molecule has 0 unspecified atom stereocenters. The van der Waals surface area contributed by atoms with E-state index in [0.717, 1.165) is 16.8 Å². The molecule has 0 bridgehead atoms. The highest BCUT2D eigenvalue weighted by atomic mass is 35.5. The number of nitrogens with one attached hydrogen (secondary N) is 1. The third-order valence-corrected chi connectivity index (χ3v) is 8.03. The number of amides is 1. The van der Waals surface area contributed by atoms with Crippen molar-refractivity contribution in [1.29, 1.82) is 5.26 Å². The van der Waals surface area contributed by atoms with Crippen LogP contribution in [0.15, 0.2) is 110 Å². The first kappa shape index (κ1) is 32.8. The number of rotatable bonds is 8. The predicted octanol–water partition coefficient (Wildman–Crippen LogP) is 7.21. The van der Waals surface area contributed by atoms with E-state index in [0.29, 0.717) is 43.2 Å².